The van der Waals surface area contributed by atoms with Gasteiger partial charge in [-0.2, -0.15) is 0 Å². The van der Waals surface area contributed by atoms with Crippen molar-refractivity contribution in [1.82, 2.24) is 15.5 Å². The number of benzene rings is 2. The van der Waals surface area contributed by atoms with Gasteiger partial charge < -0.3 is 20.1 Å². The van der Waals surface area contributed by atoms with E-state index in [0.717, 1.165) is 55.1 Å². The summed E-state index contributed by atoms with van der Waals surface area (Å²) >= 11 is 6.09. The molecular weight excluding hydrogens is 515 g/mol. The minimum Gasteiger partial charge on any atom is -0.496 e. The van der Waals surface area contributed by atoms with Gasteiger partial charge in [-0.3, -0.25) is 9.89 Å². The number of guanidine groups is 1. The van der Waals surface area contributed by atoms with Gasteiger partial charge in [0.15, 0.2) is 5.96 Å². The minimum absolute atomic E-state index is 0. The third kappa shape index (κ3) is 7.01. The normalized spacial score (nSPS) is 15.8. The van der Waals surface area contributed by atoms with Crippen LogP contribution in [0.4, 0.5) is 0 Å². The molecule has 1 saturated heterocycles. The second-order valence-electron chi connectivity index (χ2n) is 6.83. The second-order valence-corrected chi connectivity index (χ2v) is 7.27. The summed E-state index contributed by atoms with van der Waals surface area (Å²) in [5.74, 6) is 1.62. The van der Waals surface area contributed by atoms with E-state index in [0.29, 0.717) is 6.54 Å². The molecule has 0 amide bonds. The molecule has 6 nitrogen and oxygen atoms in total. The summed E-state index contributed by atoms with van der Waals surface area (Å²) < 4.78 is 11.0. The van der Waals surface area contributed by atoms with Crippen molar-refractivity contribution in [2.75, 3.05) is 47.0 Å². The maximum absolute atomic E-state index is 6.09. The predicted octanol–water partition coefficient (Wildman–Crippen LogP) is 3.71. The Hall–Kier alpha value is -1.55. The number of ether oxygens (including phenoxy) is 2. The maximum atomic E-state index is 6.09. The highest BCUT2D eigenvalue weighted by molar-refractivity contribution is 14.0. The fourth-order valence-electron chi connectivity index (χ4n) is 3.47. The Morgan fingerprint density at radius 3 is 2.50 bits per heavy atom. The number of rotatable bonds is 7. The zero-order valence-electron chi connectivity index (χ0n) is 17.4. The Morgan fingerprint density at radius 2 is 1.83 bits per heavy atom. The summed E-state index contributed by atoms with van der Waals surface area (Å²) in [5.41, 5.74) is 2.31. The van der Waals surface area contributed by atoms with Crippen LogP contribution in [0, 0.1) is 0 Å². The van der Waals surface area contributed by atoms with Crippen molar-refractivity contribution in [2.45, 2.75) is 12.6 Å². The molecule has 1 atom stereocenters. The van der Waals surface area contributed by atoms with E-state index in [-0.39, 0.29) is 30.0 Å². The molecule has 0 radical (unpaired) electrons. The first kappa shape index (κ1) is 24.7. The van der Waals surface area contributed by atoms with Crippen LogP contribution in [0.2, 0.25) is 5.02 Å². The first-order valence-corrected chi connectivity index (χ1v) is 10.2. The fourth-order valence-corrected chi connectivity index (χ4v) is 3.60. The third-order valence-electron chi connectivity index (χ3n) is 5.07. The highest BCUT2D eigenvalue weighted by Crippen LogP contribution is 2.23. The van der Waals surface area contributed by atoms with Crippen molar-refractivity contribution in [3.8, 4) is 5.75 Å². The van der Waals surface area contributed by atoms with E-state index in [2.05, 4.69) is 32.7 Å². The molecule has 8 heteroatoms. The molecule has 1 unspecified atom stereocenters. The summed E-state index contributed by atoms with van der Waals surface area (Å²) in [6.45, 7) is 4.68. The minimum atomic E-state index is 0. The van der Waals surface area contributed by atoms with Crippen molar-refractivity contribution in [3.05, 3.63) is 64.7 Å². The molecule has 0 aliphatic carbocycles. The molecule has 1 aliphatic rings. The molecule has 1 aliphatic heterocycles. The molecule has 2 aromatic rings. The van der Waals surface area contributed by atoms with Crippen molar-refractivity contribution in [3.63, 3.8) is 0 Å². The van der Waals surface area contributed by atoms with Gasteiger partial charge in [0.1, 0.15) is 5.75 Å². The first-order valence-electron chi connectivity index (χ1n) is 9.85. The summed E-state index contributed by atoms with van der Waals surface area (Å²) in [6.07, 6.45) is 0. The molecular formula is C22H30ClIN4O2. The number of nitrogens with zero attached hydrogens (tertiary/aromatic N) is 2. The van der Waals surface area contributed by atoms with Crippen molar-refractivity contribution >= 4 is 41.5 Å². The number of halogens is 2. The van der Waals surface area contributed by atoms with Gasteiger partial charge in [0, 0.05) is 43.8 Å². The highest BCUT2D eigenvalue weighted by Gasteiger charge is 2.23. The molecule has 0 aromatic heterocycles. The van der Waals surface area contributed by atoms with Crippen LogP contribution >= 0.6 is 35.6 Å². The fraction of sp³-hybridized carbons (Fsp3) is 0.409. The van der Waals surface area contributed by atoms with Gasteiger partial charge in [-0.25, -0.2) is 0 Å². The number of aliphatic imine (C=N–C) groups is 1. The Kier molecular flexibility index (Phi) is 10.7. The van der Waals surface area contributed by atoms with Gasteiger partial charge in [0.25, 0.3) is 0 Å². The van der Waals surface area contributed by atoms with E-state index >= 15 is 0 Å². The predicted molar refractivity (Wildman–Crippen MR) is 133 cm³/mol. The van der Waals surface area contributed by atoms with Gasteiger partial charge >= 0.3 is 0 Å². The van der Waals surface area contributed by atoms with E-state index in [9.17, 15) is 0 Å². The smallest absolute Gasteiger partial charge is 0.191 e. The number of para-hydroxylation sites is 1. The average Bonchev–Trinajstić information content (AvgIpc) is 2.78. The topological polar surface area (TPSA) is 58.1 Å². The summed E-state index contributed by atoms with van der Waals surface area (Å²) in [7, 11) is 3.47. The monoisotopic (exact) mass is 544 g/mol. The maximum Gasteiger partial charge on any atom is 0.191 e. The summed E-state index contributed by atoms with van der Waals surface area (Å²) in [4.78, 5) is 6.81. The van der Waals surface area contributed by atoms with Gasteiger partial charge in [-0.1, -0.05) is 41.9 Å². The highest BCUT2D eigenvalue weighted by atomic mass is 127. The van der Waals surface area contributed by atoms with Crippen LogP contribution in [0.25, 0.3) is 0 Å². The number of hydrogen-bond donors (Lipinski definition) is 2. The van der Waals surface area contributed by atoms with Gasteiger partial charge in [0.2, 0.25) is 0 Å². The molecule has 0 saturated carbocycles. The molecule has 30 heavy (non-hydrogen) atoms. The van der Waals surface area contributed by atoms with Crippen LogP contribution in [0.3, 0.4) is 0 Å². The second kappa shape index (κ2) is 13.0. The van der Waals surface area contributed by atoms with Crippen LogP contribution in [-0.4, -0.2) is 57.9 Å². The SMILES string of the molecule is CN=C(NCc1ccccc1OC)NCC(c1ccc(Cl)cc1)N1CCOCC1.I. The summed E-state index contributed by atoms with van der Waals surface area (Å²) in [5, 5.41) is 7.59. The number of nitrogens with one attached hydrogen (secondary N) is 2. The van der Waals surface area contributed by atoms with Crippen molar-refractivity contribution in [2.24, 2.45) is 4.99 Å². The molecule has 0 spiro atoms. The lowest BCUT2D eigenvalue weighted by Gasteiger charge is -2.35. The van der Waals surface area contributed by atoms with Crippen molar-refractivity contribution in [1.29, 1.82) is 0 Å². The van der Waals surface area contributed by atoms with E-state index in [4.69, 9.17) is 21.1 Å². The van der Waals surface area contributed by atoms with E-state index in [1.54, 1.807) is 14.2 Å². The average molecular weight is 545 g/mol. The lowest BCUT2D eigenvalue weighted by molar-refractivity contribution is 0.0170. The van der Waals surface area contributed by atoms with E-state index in [1.807, 2.05) is 36.4 Å². The number of hydrogen-bond acceptors (Lipinski definition) is 4. The molecule has 0 bridgehead atoms. The first-order chi connectivity index (χ1) is 14.2. The van der Waals surface area contributed by atoms with Crippen LogP contribution in [-0.2, 0) is 11.3 Å². The van der Waals surface area contributed by atoms with Gasteiger partial charge in [0.05, 0.1) is 26.4 Å². The third-order valence-corrected chi connectivity index (χ3v) is 5.32. The Morgan fingerprint density at radius 1 is 1.13 bits per heavy atom. The Balaban J connectivity index is 0.00000320. The largest absolute Gasteiger partial charge is 0.496 e. The zero-order chi connectivity index (χ0) is 20.5. The van der Waals surface area contributed by atoms with Crippen molar-refractivity contribution < 1.29 is 9.47 Å². The van der Waals surface area contributed by atoms with Crippen LogP contribution in [0.5, 0.6) is 5.75 Å². The standard InChI is InChI=1S/C22H29ClN4O2.HI/c1-24-22(25-15-18-5-3-4-6-21(18)28-2)26-16-20(27-11-13-29-14-12-27)17-7-9-19(23)10-8-17;/h3-10,20H,11-16H2,1-2H3,(H2,24,25,26);1H. The van der Waals surface area contributed by atoms with Crippen LogP contribution in [0.1, 0.15) is 17.2 Å². The molecule has 2 aromatic carbocycles. The van der Waals surface area contributed by atoms with Crippen LogP contribution < -0.4 is 15.4 Å². The van der Waals surface area contributed by atoms with Gasteiger partial charge in [-0.05, 0) is 23.8 Å². The molecule has 164 valence electrons. The lowest BCUT2D eigenvalue weighted by Crippen LogP contribution is -2.46. The Labute approximate surface area is 201 Å². The van der Waals surface area contributed by atoms with E-state index < -0.39 is 0 Å². The Bertz CT molecular complexity index is 798. The van der Waals surface area contributed by atoms with Gasteiger partial charge in [-0.15, -0.1) is 24.0 Å². The lowest BCUT2D eigenvalue weighted by atomic mass is 10.0. The molecule has 1 heterocycles. The molecule has 3 rings (SSSR count). The quantitative estimate of drug-likeness (QED) is 0.316. The number of morpholine rings is 1. The molecule has 2 N–H and O–H groups in total. The number of methoxy groups -OCH3 is 1. The van der Waals surface area contributed by atoms with E-state index in [1.165, 1.54) is 5.56 Å². The summed E-state index contributed by atoms with van der Waals surface area (Å²) in [6, 6.07) is 16.3. The molecule has 1 fully saturated rings. The van der Waals surface area contributed by atoms with Crippen LogP contribution in [0.15, 0.2) is 53.5 Å². The zero-order valence-corrected chi connectivity index (χ0v) is 20.5.